The second-order valence-corrected chi connectivity index (χ2v) is 8.55. The van der Waals surface area contributed by atoms with E-state index in [9.17, 15) is 4.79 Å². The first-order chi connectivity index (χ1) is 17.5. The van der Waals surface area contributed by atoms with Gasteiger partial charge in [0, 0.05) is 28.0 Å². The van der Waals surface area contributed by atoms with E-state index < -0.39 is 0 Å². The molecule has 0 radical (unpaired) electrons. The van der Waals surface area contributed by atoms with Crippen molar-refractivity contribution in [3.05, 3.63) is 101 Å². The third kappa shape index (κ3) is 5.01. The number of benzene rings is 3. The Hall–Kier alpha value is -4.36. The molecule has 7 nitrogen and oxygen atoms in total. The number of carbonyl (C=O) groups excluding carboxylic acids is 1. The number of nitrogens with one attached hydrogen (secondary N) is 1. The van der Waals surface area contributed by atoms with Gasteiger partial charge in [0.25, 0.3) is 5.91 Å². The number of nitrogens with zero attached hydrogens (tertiary/aromatic N) is 2. The maximum Gasteiger partial charge on any atom is 0.255 e. The number of aryl methyl sites for hydroxylation is 1. The molecule has 0 saturated heterocycles. The third-order valence-electron chi connectivity index (χ3n) is 5.63. The highest BCUT2D eigenvalue weighted by atomic mass is 35.5. The van der Waals surface area contributed by atoms with Gasteiger partial charge < -0.3 is 19.2 Å². The molecule has 3 aromatic carbocycles. The van der Waals surface area contributed by atoms with Crippen LogP contribution in [0.1, 0.15) is 21.5 Å². The van der Waals surface area contributed by atoms with Crippen LogP contribution in [0.15, 0.2) is 83.4 Å². The number of anilines is 1. The number of aromatic nitrogens is 2. The lowest BCUT2D eigenvalue weighted by atomic mass is 10.1. The van der Waals surface area contributed by atoms with Gasteiger partial charge >= 0.3 is 0 Å². The third-order valence-corrected chi connectivity index (χ3v) is 5.88. The Labute approximate surface area is 212 Å². The fraction of sp³-hybridized carbons (Fsp3) is 0.107. The fourth-order valence-corrected chi connectivity index (χ4v) is 3.77. The molecule has 1 amide bonds. The van der Waals surface area contributed by atoms with Crippen molar-refractivity contribution in [2.24, 2.45) is 0 Å². The number of hydrogen-bond acceptors (Lipinski definition) is 6. The van der Waals surface area contributed by atoms with Crippen LogP contribution in [-0.4, -0.2) is 23.0 Å². The van der Waals surface area contributed by atoms with Crippen LogP contribution in [-0.2, 0) is 6.61 Å². The van der Waals surface area contributed by atoms with E-state index >= 15 is 0 Å². The summed E-state index contributed by atoms with van der Waals surface area (Å²) in [6.07, 6.45) is 1.66. The first kappa shape index (κ1) is 23.4. The Morgan fingerprint density at radius 2 is 1.86 bits per heavy atom. The number of amides is 1. The largest absolute Gasteiger partial charge is 0.493 e. The van der Waals surface area contributed by atoms with Crippen molar-refractivity contribution < 1.29 is 18.7 Å². The highest BCUT2D eigenvalue weighted by Crippen LogP contribution is 2.31. The van der Waals surface area contributed by atoms with E-state index in [4.69, 9.17) is 25.5 Å². The molecule has 0 bridgehead atoms. The molecular weight excluding hydrogens is 478 g/mol. The predicted molar refractivity (Wildman–Crippen MR) is 139 cm³/mol. The maximum absolute atomic E-state index is 13.1. The Morgan fingerprint density at radius 3 is 2.64 bits per heavy atom. The summed E-state index contributed by atoms with van der Waals surface area (Å²) in [4.78, 5) is 21.7. The summed E-state index contributed by atoms with van der Waals surface area (Å²) in [6, 6.07) is 21.7. The van der Waals surface area contributed by atoms with Gasteiger partial charge in [-0.25, -0.2) is 4.98 Å². The van der Waals surface area contributed by atoms with E-state index in [1.807, 2.05) is 55.5 Å². The maximum atomic E-state index is 13.1. The molecule has 180 valence electrons. The van der Waals surface area contributed by atoms with Gasteiger partial charge in [0.2, 0.25) is 5.89 Å². The number of ether oxygens (including phenoxy) is 2. The van der Waals surface area contributed by atoms with Gasteiger partial charge in [-0.3, -0.25) is 4.79 Å². The van der Waals surface area contributed by atoms with Gasteiger partial charge in [-0.1, -0.05) is 29.8 Å². The normalized spacial score (nSPS) is 10.9. The quantitative estimate of drug-likeness (QED) is 0.268. The smallest absolute Gasteiger partial charge is 0.255 e. The number of pyridine rings is 1. The van der Waals surface area contributed by atoms with Gasteiger partial charge in [0.05, 0.1) is 7.11 Å². The second kappa shape index (κ2) is 10.1. The zero-order valence-corrected chi connectivity index (χ0v) is 20.4. The number of fused-ring (bicyclic) bond motifs is 1. The first-order valence-electron chi connectivity index (χ1n) is 11.2. The Balaban J connectivity index is 1.33. The lowest BCUT2D eigenvalue weighted by molar-refractivity contribution is 0.102. The van der Waals surface area contributed by atoms with Crippen LogP contribution in [0.3, 0.4) is 0 Å². The van der Waals surface area contributed by atoms with Crippen molar-refractivity contribution in [1.82, 2.24) is 9.97 Å². The Morgan fingerprint density at radius 1 is 1.03 bits per heavy atom. The lowest BCUT2D eigenvalue weighted by Gasteiger charge is -2.13. The molecule has 2 aromatic heterocycles. The number of hydrogen-bond donors (Lipinski definition) is 1. The van der Waals surface area contributed by atoms with Gasteiger partial charge in [-0.15, -0.1) is 0 Å². The van der Waals surface area contributed by atoms with Crippen LogP contribution in [0.25, 0.3) is 22.7 Å². The summed E-state index contributed by atoms with van der Waals surface area (Å²) in [7, 11) is 1.54. The molecule has 5 rings (SSSR count). The Kier molecular flexibility index (Phi) is 6.56. The summed E-state index contributed by atoms with van der Waals surface area (Å²) in [5.41, 5.74) is 4.81. The van der Waals surface area contributed by atoms with E-state index in [0.29, 0.717) is 51.5 Å². The van der Waals surface area contributed by atoms with Crippen LogP contribution in [0.5, 0.6) is 11.5 Å². The van der Waals surface area contributed by atoms with Gasteiger partial charge in [-0.05, 0) is 72.6 Å². The molecule has 0 aliphatic rings. The zero-order valence-electron chi connectivity index (χ0n) is 19.6. The molecule has 5 aromatic rings. The molecular formula is C28H22ClN3O4. The number of carbonyl (C=O) groups is 1. The average molecular weight is 500 g/mol. The SMILES string of the molecule is COc1cc(C(=O)Nc2cc(-c3nc4ncccc4o3)ccc2C)ccc1OCc1ccc(Cl)cc1. The number of halogens is 1. The molecule has 0 spiro atoms. The van der Waals surface area contributed by atoms with Crippen LogP contribution >= 0.6 is 11.6 Å². The summed E-state index contributed by atoms with van der Waals surface area (Å²) < 4.78 is 17.2. The van der Waals surface area contributed by atoms with Crippen molar-refractivity contribution in [2.45, 2.75) is 13.5 Å². The molecule has 0 unspecified atom stereocenters. The van der Waals surface area contributed by atoms with Gasteiger partial charge in [-0.2, -0.15) is 4.98 Å². The first-order valence-corrected chi connectivity index (χ1v) is 11.6. The van der Waals surface area contributed by atoms with Gasteiger partial charge in [0.1, 0.15) is 6.61 Å². The fourth-order valence-electron chi connectivity index (χ4n) is 3.65. The topological polar surface area (TPSA) is 86.5 Å². The standard InChI is InChI=1S/C28H22ClN3O4/c1-17-5-8-20(28-32-26-24(36-28)4-3-13-30-26)14-22(17)31-27(33)19-9-12-23(25(15-19)34-2)35-16-18-6-10-21(29)11-7-18/h3-15H,16H2,1-2H3,(H,31,33). The van der Waals surface area contributed by atoms with E-state index in [1.165, 1.54) is 7.11 Å². The summed E-state index contributed by atoms with van der Waals surface area (Å²) in [5.74, 6) is 1.15. The van der Waals surface area contributed by atoms with Crippen LogP contribution in [0, 0.1) is 6.92 Å². The molecule has 0 aliphatic carbocycles. The molecule has 0 atom stereocenters. The monoisotopic (exact) mass is 499 g/mol. The van der Waals surface area contributed by atoms with E-state index in [0.717, 1.165) is 16.7 Å². The number of rotatable bonds is 7. The van der Waals surface area contributed by atoms with Crippen molar-refractivity contribution >= 4 is 34.4 Å². The summed E-state index contributed by atoms with van der Waals surface area (Å²) in [6.45, 7) is 2.26. The molecule has 1 N–H and O–H groups in total. The molecule has 8 heteroatoms. The van der Waals surface area contributed by atoms with Crippen molar-refractivity contribution in [3.63, 3.8) is 0 Å². The second-order valence-electron chi connectivity index (χ2n) is 8.11. The van der Waals surface area contributed by atoms with Crippen molar-refractivity contribution in [3.8, 4) is 23.0 Å². The van der Waals surface area contributed by atoms with E-state index in [2.05, 4.69) is 15.3 Å². The number of oxazole rings is 1. The van der Waals surface area contributed by atoms with E-state index in [-0.39, 0.29) is 5.91 Å². The molecule has 2 heterocycles. The predicted octanol–water partition coefficient (Wildman–Crippen LogP) is 6.69. The summed E-state index contributed by atoms with van der Waals surface area (Å²) in [5, 5.41) is 3.64. The highest BCUT2D eigenvalue weighted by molar-refractivity contribution is 6.30. The molecule has 0 saturated carbocycles. The highest BCUT2D eigenvalue weighted by Gasteiger charge is 2.15. The van der Waals surface area contributed by atoms with Gasteiger partial charge in [0.15, 0.2) is 22.7 Å². The average Bonchev–Trinajstić information content (AvgIpc) is 3.34. The van der Waals surface area contributed by atoms with Crippen molar-refractivity contribution in [2.75, 3.05) is 12.4 Å². The summed E-state index contributed by atoms with van der Waals surface area (Å²) >= 11 is 5.94. The van der Waals surface area contributed by atoms with Crippen LogP contribution in [0.4, 0.5) is 5.69 Å². The minimum Gasteiger partial charge on any atom is -0.493 e. The van der Waals surface area contributed by atoms with Crippen LogP contribution in [0.2, 0.25) is 5.02 Å². The Bertz CT molecular complexity index is 1510. The molecule has 0 fully saturated rings. The minimum atomic E-state index is -0.281. The minimum absolute atomic E-state index is 0.281. The molecule has 0 aliphatic heterocycles. The number of methoxy groups -OCH3 is 1. The van der Waals surface area contributed by atoms with Crippen molar-refractivity contribution in [1.29, 1.82) is 0 Å². The lowest BCUT2D eigenvalue weighted by Crippen LogP contribution is -2.13. The van der Waals surface area contributed by atoms with Crippen LogP contribution < -0.4 is 14.8 Å². The van der Waals surface area contributed by atoms with E-state index in [1.54, 1.807) is 30.5 Å². The molecule has 36 heavy (non-hydrogen) atoms. The zero-order chi connectivity index (χ0) is 25.1.